The second-order valence-corrected chi connectivity index (χ2v) is 3.14. The molecular weight excluding hydrogens is 202 g/mol. The molecule has 1 aromatic carbocycles. The predicted octanol–water partition coefficient (Wildman–Crippen LogP) is 1.08. The molecule has 76 valence electrons. The maximum absolute atomic E-state index is 11.0. The minimum atomic E-state index is -0.121. The van der Waals surface area contributed by atoms with Crippen LogP contribution in [0.2, 0.25) is 5.02 Å². The van der Waals surface area contributed by atoms with Crippen molar-refractivity contribution in [2.24, 2.45) is 0 Å². The quantitative estimate of drug-likeness (QED) is 0.659. The van der Waals surface area contributed by atoms with E-state index >= 15 is 0 Å². The Kier molecular flexibility index (Phi) is 3.59. The van der Waals surface area contributed by atoms with E-state index in [4.69, 9.17) is 17.3 Å². The van der Waals surface area contributed by atoms with Crippen LogP contribution in [0.15, 0.2) is 18.2 Å². The van der Waals surface area contributed by atoms with Crippen LogP contribution in [0.25, 0.3) is 0 Å². The standard InChI is InChI=1S/C9H12ClN3O/c1-12-8(14)5-13-9-6(10)3-2-4-7(9)11/h2-4,13H,5,11H2,1H3,(H,12,14). The maximum Gasteiger partial charge on any atom is 0.239 e. The topological polar surface area (TPSA) is 67.2 Å². The molecule has 0 radical (unpaired) electrons. The number of halogens is 1. The van der Waals surface area contributed by atoms with Crippen molar-refractivity contribution in [3.63, 3.8) is 0 Å². The van der Waals surface area contributed by atoms with Gasteiger partial charge in [0.1, 0.15) is 0 Å². The van der Waals surface area contributed by atoms with Gasteiger partial charge < -0.3 is 16.4 Å². The lowest BCUT2D eigenvalue weighted by molar-refractivity contribution is -0.118. The van der Waals surface area contributed by atoms with Crippen LogP contribution in [-0.4, -0.2) is 19.5 Å². The molecule has 1 amide bonds. The van der Waals surface area contributed by atoms with Gasteiger partial charge in [-0.2, -0.15) is 0 Å². The Morgan fingerprint density at radius 1 is 1.57 bits per heavy atom. The number of amides is 1. The first-order valence-corrected chi connectivity index (χ1v) is 4.51. The fourth-order valence-corrected chi connectivity index (χ4v) is 1.23. The number of anilines is 2. The molecule has 14 heavy (non-hydrogen) atoms. The number of hydrogen-bond donors (Lipinski definition) is 3. The molecule has 0 unspecified atom stereocenters. The van der Waals surface area contributed by atoms with Gasteiger partial charge >= 0.3 is 0 Å². The summed E-state index contributed by atoms with van der Waals surface area (Å²) in [5.41, 5.74) is 6.79. The van der Waals surface area contributed by atoms with E-state index in [0.29, 0.717) is 16.4 Å². The second kappa shape index (κ2) is 4.72. The average molecular weight is 214 g/mol. The van der Waals surface area contributed by atoms with Gasteiger partial charge in [0.05, 0.1) is 22.9 Å². The molecule has 0 aliphatic carbocycles. The Morgan fingerprint density at radius 3 is 2.86 bits per heavy atom. The van der Waals surface area contributed by atoms with E-state index in [0.717, 1.165) is 0 Å². The zero-order valence-electron chi connectivity index (χ0n) is 7.80. The van der Waals surface area contributed by atoms with E-state index in [1.165, 1.54) is 0 Å². The highest BCUT2D eigenvalue weighted by atomic mass is 35.5. The van der Waals surface area contributed by atoms with Crippen LogP contribution in [0.3, 0.4) is 0 Å². The van der Waals surface area contributed by atoms with Crippen molar-refractivity contribution in [3.05, 3.63) is 23.2 Å². The average Bonchev–Trinajstić information content (AvgIpc) is 2.16. The minimum Gasteiger partial charge on any atom is -0.397 e. The Hall–Kier alpha value is -1.42. The molecule has 0 spiro atoms. The molecule has 4 nitrogen and oxygen atoms in total. The highest BCUT2D eigenvalue weighted by Crippen LogP contribution is 2.27. The number of nitrogens with one attached hydrogen (secondary N) is 2. The van der Waals surface area contributed by atoms with Gasteiger partial charge in [-0.05, 0) is 12.1 Å². The molecule has 0 aliphatic heterocycles. The summed E-state index contributed by atoms with van der Waals surface area (Å²) in [5, 5.41) is 5.86. The third-order valence-corrected chi connectivity index (χ3v) is 2.07. The molecule has 5 heteroatoms. The lowest BCUT2D eigenvalue weighted by atomic mass is 10.2. The highest BCUT2D eigenvalue weighted by Gasteiger charge is 2.04. The Bertz CT molecular complexity index is 321. The number of likely N-dealkylation sites (N-methyl/N-ethyl adjacent to an activating group) is 1. The molecule has 0 aliphatic rings. The normalized spacial score (nSPS) is 9.57. The highest BCUT2D eigenvalue weighted by molar-refractivity contribution is 6.33. The molecule has 0 atom stereocenters. The van der Waals surface area contributed by atoms with Crippen molar-refractivity contribution < 1.29 is 4.79 Å². The fraction of sp³-hybridized carbons (Fsp3) is 0.222. The van der Waals surface area contributed by atoms with Crippen molar-refractivity contribution in [1.29, 1.82) is 0 Å². The third-order valence-electron chi connectivity index (χ3n) is 1.75. The molecule has 0 bridgehead atoms. The van der Waals surface area contributed by atoms with E-state index in [9.17, 15) is 4.79 Å². The monoisotopic (exact) mass is 213 g/mol. The van der Waals surface area contributed by atoms with Gasteiger partial charge in [0.15, 0.2) is 0 Å². The number of nitrogens with two attached hydrogens (primary N) is 1. The van der Waals surface area contributed by atoms with E-state index in [1.807, 2.05) is 0 Å². The minimum absolute atomic E-state index is 0.121. The third kappa shape index (κ3) is 2.53. The summed E-state index contributed by atoms with van der Waals surface area (Å²) in [6, 6.07) is 5.19. The summed E-state index contributed by atoms with van der Waals surface area (Å²) in [5.74, 6) is -0.121. The molecule has 1 aromatic rings. The number of nitrogen functional groups attached to an aromatic ring is 1. The van der Waals surface area contributed by atoms with Crippen LogP contribution < -0.4 is 16.4 Å². The zero-order chi connectivity index (χ0) is 10.6. The van der Waals surface area contributed by atoms with E-state index < -0.39 is 0 Å². The number of benzene rings is 1. The lowest BCUT2D eigenvalue weighted by Gasteiger charge is -2.09. The van der Waals surface area contributed by atoms with Crippen molar-refractivity contribution >= 4 is 28.9 Å². The Balaban J connectivity index is 2.71. The summed E-state index contributed by atoms with van der Waals surface area (Å²) in [6.45, 7) is 0.157. The molecule has 0 heterocycles. The van der Waals surface area contributed by atoms with E-state index in [-0.39, 0.29) is 12.5 Å². The van der Waals surface area contributed by atoms with Crippen molar-refractivity contribution in [2.75, 3.05) is 24.6 Å². The van der Waals surface area contributed by atoms with Gasteiger partial charge in [0.2, 0.25) is 5.91 Å². The molecule has 4 N–H and O–H groups in total. The van der Waals surface area contributed by atoms with Gasteiger partial charge in [-0.1, -0.05) is 17.7 Å². The largest absolute Gasteiger partial charge is 0.397 e. The number of rotatable bonds is 3. The van der Waals surface area contributed by atoms with Crippen molar-refractivity contribution in [2.45, 2.75) is 0 Å². The summed E-state index contributed by atoms with van der Waals surface area (Å²) < 4.78 is 0. The van der Waals surface area contributed by atoms with Gasteiger partial charge in [-0.25, -0.2) is 0 Å². The van der Waals surface area contributed by atoms with Crippen LogP contribution in [0, 0.1) is 0 Å². The first kappa shape index (κ1) is 10.7. The van der Waals surface area contributed by atoms with E-state index in [1.54, 1.807) is 25.2 Å². The van der Waals surface area contributed by atoms with Crippen LogP contribution in [0.5, 0.6) is 0 Å². The van der Waals surface area contributed by atoms with Crippen molar-refractivity contribution in [1.82, 2.24) is 5.32 Å². The van der Waals surface area contributed by atoms with Crippen LogP contribution in [-0.2, 0) is 4.79 Å². The van der Waals surface area contributed by atoms with Gasteiger partial charge in [-0.15, -0.1) is 0 Å². The predicted molar refractivity (Wildman–Crippen MR) is 58.4 cm³/mol. The fourth-order valence-electron chi connectivity index (χ4n) is 0.984. The van der Waals surface area contributed by atoms with Crippen LogP contribution in [0.4, 0.5) is 11.4 Å². The maximum atomic E-state index is 11.0. The molecule has 0 fully saturated rings. The summed E-state index contributed by atoms with van der Waals surface area (Å²) in [7, 11) is 1.57. The smallest absolute Gasteiger partial charge is 0.239 e. The first-order chi connectivity index (χ1) is 6.65. The Morgan fingerprint density at radius 2 is 2.29 bits per heavy atom. The summed E-state index contributed by atoms with van der Waals surface area (Å²) in [4.78, 5) is 11.0. The van der Waals surface area contributed by atoms with Crippen LogP contribution >= 0.6 is 11.6 Å². The van der Waals surface area contributed by atoms with Gasteiger partial charge in [-0.3, -0.25) is 4.79 Å². The number of carbonyl (C=O) groups excluding carboxylic acids is 1. The molecular formula is C9H12ClN3O. The molecule has 0 saturated carbocycles. The van der Waals surface area contributed by atoms with Gasteiger partial charge in [0, 0.05) is 7.05 Å². The van der Waals surface area contributed by atoms with Crippen molar-refractivity contribution in [3.8, 4) is 0 Å². The Labute approximate surface area is 87.4 Å². The number of para-hydroxylation sites is 1. The summed E-state index contributed by atoms with van der Waals surface area (Å²) >= 11 is 5.88. The SMILES string of the molecule is CNC(=O)CNc1c(N)cccc1Cl. The van der Waals surface area contributed by atoms with E-state index in [2.05, 4.69) is 10.6 Å². The molecule has 0 aromatic heterocycles. The summed E-state index contributed by atoms with van der Waals surface area (Å²) in [6.07, 6.45) is 0. The molecule has 0 saturated heterocycles. The lowest BCUT2D eigenvalue weighted by Crippen LogP contribution is -2.26. The first-order valence-electron chi connectivity index (χ1n) is 4.13. The van der Waals surface area contributed by atoms with Gasteiger partial charge in [0.25, 0.3) is 0 Å². The second-order valence-electron chi connectivity index (χ2n) is 2.73. The zero-order valence-corrected chi connectivity index (χ0v) is 8.56. The van der Waals surface area contributed by atoms with Crippen LogP contribution in [0.1, 0.15) is 0 Å². The number of hydrogen-bond acceptors (Lipinski definition) is 3. The number of carbonyl (C=O) groups is 1. The molecule has 1 rings (SSSR count).